The zero-order chi connectivity index (χ0) is 24.6. The van der Waals surface area contributed by atoms with E-state index in [4.69, 9.17) is 4.74 Å². The number of nitrogens with zero attached hydrogens (tertiary/aromatic N) is 3. The summed E-state index contributed by atoms with van der Waals surface area (Å²) < 4.78 is 5.32. The predicted molar refractivity (Wildman–Crippen MR) is 131 cm³/mol. The number of likely N-dealkylation sites (tertiary alicyclic amines) is 1. The summed E-state index contributed by atoms with van der Waals surface area (Å²) in [5.41, 5.74) is 1.05. The lowest BCUT2D eigenvalue weighted by atomic mass is 9.68. The molecule has 188 valence electrons. The van der Waals surface area contributed by atoms with Crippen molar-refractivity contribution >= 4 is 40.8 Å². The minimum atomic E-state index is -0.334. The van der Waals surface area contributed by atoms with Gasteiger partial charge in [0.2, 0.25) is 17.7 Å². The van der Waals surface area contributed by atoms with Crippen molar-refractivity contribution in [1.82, 2.24) is 19.8 Å². The standard InChI is InChI=1S/C25H26N4O5S2/c30-15(28-6-8-34-9-7-28)3-5-29-23(31)18-13-10-14(19(18)24(29)32)20-17(13)16(12-2-1-4-26-11-12)21-22(35-20)27-25(33)36-21/h1-2,4,11,13-14,16-20H,3,5-10H2,(H,27,33). The number of thiazole rings is 1. The fraction of sp³-hybridized carbons (Fsp3) is 0.560. The number of thioether (sulfide) groups is 1. The predicted octanol–water partition coefficient (Wildman–Crippen LogP) is 1.55. The Bertz CT molecular complexity index is 1290. The first kappa shape index (κ1) is 22.7. The topological polar surface area (TPSA) is 113 Å². The summed E-state index contributed by atoms with van der Waals surface area (Å²) in [4.78, 5) is 63.6. The number of nitrogens with one attached hydrogen (secondary N) is 1. The number of H-pyrrole nitrogens is 1. The number of aromatic nitrogens is 2. The quantitative estimate of drug-likeness (QED) is 0.602. The van der Waals surface area contributed by atoms with Crippen LogP contribution >= 0.6 is 23.1 Å². The molecule has 5 aliphatic rings. The van der Waals surface area contributed by atoms with E-state index in [-0.39, 0.29) is 76.3 Å². The second kappa shape index (κ2) is 8.53. The highest BCUT2D eigenvalue weighted by Gasteiger charge is 2.69. The molecule has 1 N–H and O–H groups in total. The summed E-state index contributed by atoms with van der Waals surface area (Å²) in [6, 6.07) is 3.96. The SMILES string of the molecule is O=C(CCN1C(=O)C2C3CC(C2C1=O)C1C(c2cccnc2)c2sc(=O)[nH]c2SC31)N1CCOCC1. The van der Waals surface area contributed by atoms with Crippen LogP contribution in [0.5, 0.6) is 0 Å². The zero-order valence-corrected chi connectivity index (χ0v) is 21.1. The highest BCUT2D eigenvalue weighted by atomic mass is 32.2. The first-order valence-corrected chi connectivity index (χ1v) is 14.2. The van der Waals surface area contributed by atoms with Crippen molar-refractivity contribution in [2.24, 2.45) is 29.6 Å². The van der Waals surface area contributed by atoms with Gasteiger partial charge in [-0.25, -0.2) is 0 Å². The number of carbonyl (C=O) groups excluding carboxylic acids is 3. The largest absolute Gasteiger partial charge is 0.378 e. The number of carbonyl (C=O) groups is 3. The lowest BCUT2D eigenvalue weighted by molar-refractivity contribution is -0.142. The highest BCUT2D eigenvalue weighted by Crippen LogP contribution is 2.68. The molecule has 0 radical (unpaired) electrons. The Morgan fingerprint density at radius 1 is 1.14 bits per heavy atom. The van der Waals surface area contributed by atoms with E-state index in [2.05, 4.69) is 9.97 Å². The molecule has 2 aromatic rings. The van der Waals surface area contributed by atoms with Crippen LogP contribution in [-0.2, 0) is 19.1 Å². The molecule has 3 amide bonds. The van der Waals surface area contributed by atoms with Gasteiger partial charge in [0.25, 0.3) is 0 Å². The first-order chi connectivity index (χ1) is 17.5. The van der Waals surface area contributed by atoms with E-state index in [9.17, 15) is 19.2 Å². The lowest BCUT2D eigenvalue weighted by Crippen LogP contribution is -2.43. The summed E-state index contributed by atoms with van der Waals surface area (Å²) in [5.74, 6) is -0.617. The van der Waals surface area contributed by atoms with E-state index < -0.39 is 0 Å². The van der Waals surface area contributed by atoms with Crippen LogP contribution in [0.15, 0.2) is 34.3 Å². The molecule has 36 heavy (non-hydrogen) atoms. The van der Waals surface area contributed by atoms with Crippen molar-refractivity contribution in [3.8, 4) is 0 Å². The van der Waals surface area contributed by atoms with Crippen LogP contribution in [0.4, 0.5) is 0 Å². The van der Waals surface area contributed by atoms with Gasteiger partial charge in [-0.15, -0.1) is 11.8 Å². The average molecular weight is 527 g/mol. The summed E-state index contributed by atoms with van der Waals surface area (Å²) in [6.07, 6.45) is 4.61. The number of hydrogen-bond donors (Lipinski definition) is 1. The van der Waals surface area contributed by atoms with Gasteiger partial charge >= 0.3 is 4.87 Å². The highest BCUT2D eigenvalue weighted by molar-refractivity contribution is 8.00. The van der Waals surface area contributed by atoms with Gasteiger partial charge in [-0.05, 0) is 35.8 Å². The molecule has 2 saturated heterocycles. The molecule has 2 bridgehead atoms. The third kappa shape index (κ3) is 3.28. The minimum absolute atomic E-state index is 0.0142. The first-order valence-electron chi connectivity index (χ1n) is 12.5. The molecular weight excluding hydrogens is 500 g/mol. The number of morpholine rings is 1. The number of fused-ring (bicyclic) bond motifs is 9. The summed E-state index contributed by atoms with van der Waals surface area (Å²) in [7, 11) is 0. The Morgan fingerprint density at radius 3 is 2.67 bits per heavy atom. The molecule has 9 nitrogen and oxygen atoms in total. The monoisotopic (exact) mass is 526 g/mol. The zero-order valence-electron chi connectivity index (χ0n) is 19.5. The third-order valence-electron chi connectivity index (χ3n) is 8.77. The second-order valence-corrected chi connectivity index (χ2v) is 12.5. The van der Waals surface area contributed by atoms with Gasteiger partial charge in [0, 0.05) is 54.5 Å². The van der Waals surface area contributed by atoms with Gasteiger partial charge in [-0.2, -0.15) is 0 Å². The molecule has 7 atom stereocenters. The number of aromatic amines is 1. The normalized spacial score (nSPS) is 34.6. The maximum Gasteiger partial charge on any atom is 0.305 e. The fourth-order valence-corrected chi connectivity index (χ4v) is 10.3. The number of amides is 3. The Hall–Kier alpha value is -2.50. The van der Waals surface area contributed by atoms with E-state index in [0.29, 0.717) is 26.3 Å². The van der Waals surface area contributed by atoms with Crippen molar-refractivity contribution < 1.29 is 19.1 Å². The summed E-state index contributed by atoms with van der Waals surface area (Å²) >= 11 is 2.93. The van der Waals surface area contributed by atoms with E-state index in [1.165, 1.54) is 16.2 Å². The minimum Gasteiger partial charge on any atom is -0.378 e. The molecule has 3 aliphatic heterocycles. The molecule has 5 heterocycles. The smallest absolute Gasteiger partial charge is 0.305 e. The van der Waals surface area contributed by atoms with Gasteiger partial charge in [0.1, 0.15) is 0 Å². The molecular formula is C25H26N4O5S2. The second-order valence-electron chi connectivity index (χ2n) is 10.3. The van der Waals surface area contributed by atoms with Gasteiger partial charge in [0.15, 0.2) is 0 Å². The van der Waals surface area contributed by atoms with Crippen LogP contribution in [-0.4, -0.2) is 75.6 Å². The Kier molecular flexibility index (Phi) is 5.37. The van der Waals surface area contributed by atoms with Crippen molar-refractivity contribution in [3.63, 3.8) is 0 Å². The van der Waals surface area contributed by atoms with Crippen molar-refractivity contribution in [3.05, 3.63) is 44.6 Å². The van der Waals surface area contributed by atoms with Crippen molar-refractivity contribution in [2.45, 2.75) is 29.0 Å². The van der Waals surface area contributed by atoms with E-state index in [0.717, 1.165) is 21.9 Å². The van der Waals surface area contributed by atoms with Gasteiger partial charge in [-0.3, -0.25) is 29.1 Å². The maximum atomic E-state index is 13.6. The van der Waals surface area contributed by atoms with E-state index in [1.54, 1.807) is 22.9 Å². The number of imide groups is 1. The summed E-state index contributed by atoms with van der Waals surface area (Å²) in [5, 5.41) is 1.06. The van der Waals surface area contributed by atoms with Gasteiger partial charge < -0.3 is 14.6 Å². The van der Waals surface area contributed by atoms with Gasteiger partial charge in [0.05, 0.1) is 30.1 Å². The molecule has 7 rings (SSSR count). The number of ether oxygens (including phenoxy) is 1. The molecule has 2 aliphatic carbocycles. The number of hydrogen-bond acceptors (Lipinski definition) is 8. The molecule has 2 aromatic heterocycles. The van der Waals surface area contributed by atoms with Gasteiger partial charge in [-0.1, -0.05) is 17.4 Å². The fourth-order valence-electron chi connectivity index (χ4n) is 7.41. The Morgan fingerprint density at radius 2 is 1.92 bits per heavy atom. The molecule has 7 unspecified atom stereocenters. The van der Waals surface area contributed by atoms with Crippen LogP contribution in [0.2, 0.25) is 0 Å². The molecule has 0 spiro atoms. The number of rotatable bonds is 4. The van der Waals surface area contributed by atoms with Crippen LogP contribution in [0.25, 0.3) is 0 Å². The van der Waals surface area contributed by atoms with Crippen LogP contribution in [0, 0.1) is 29.6 Å². The molecule has 4 fully saturated rings. The lowest BCUT2D eigenvalue weighted by Gasteiger charge is -2.42. The van der Waals surface area contributed by atoms with Crippen molar-refractivity contribution in [1.29, 1.82) is 0 Å². The molecule has 11 heteroatoms. The van der Waals surface area contributed by atoms with Crippen LogP contribution in [0.1, 0.15) is 29.2 Å². The van der Waals surface area contributed by atoms with E-state index >= 15 is 0 Å². The molecule has 2 saturated carbocycles. The van der Waals surface area contributed by atoms with E-state index in [1.807, 2.05) is 18.3 Å². The molecule has 0 aromatic carbocycles. The third-order valence-corrected chi connectivity index (χ3v) is 11.4. The van der Waals surface area contributed by atoms with Crippen LogP contribution in [0.3, 0.4) is 0 Å². The maximum absolute atomic E-state index is 13.6. The summed E-state index contributed by atoms with van der Waals surface area (Å²) in [6.45, 7) is 2.30. The number of pyridine rings is 1. The van der Waals surface area contributed by atoms with Crippen molar-refractivity contribution in [2.75, 3.05) is 32.8 Å². The average Bonchev–Trinajstić information content (AvgIpc) is 3.63. The Labute approximate surface area is 215 Å². The Balaban J connectivity index is 1.17. The van der Waals surface area contributed by atoms with Crippen LogP contribution < -0.4 is 4.87 Å².